The number of benzene rings is 1. The number of hydrogen-bond donors (Lipinski definition) is 1. The summed E-state index contributed by atoms with van der Waals surface area (Å²) in [6, 6.07) is 9.28. The third-order valence-electron chi connectivity index (χ3n) is 3.70. The molecule has 0 spiro atoms. The van der Waals surface area contributed by atoms with E-state index in [0.29, 0.717) is 11.5 Å². The second-order valence-electron chi connectivity index (χ2n) is 5.31. The van der Waals surface area contributed by atoms with Crippen LogP contribution in [0.1, 0.15) is 24.4 Å². The van der Waals surface area contributed by atoms with Crippen molar-refractivity contribution < 1.29 is 0 Å². The SMILES string of the molecule is CNCC1(C(c2ccc(Br)cc2)N(C)C)CC1. The van der Waals surface area contributed by atoms with Gasteiger partial charge in [0, 0.05) is 22.5 Å². The largest absolute Gasteiger partial charge is 0.319 e. The van der Waals surface area contributed by atoms with Gasteiger partial charge in [-0.15, -0.1) is 0 Å². The lowest BCUT2D eigenvalue weighted by Crippen LogP contribution is -2.34. The first kappa shape index (κ1) is 13.1. The molecule has 0 aromatic heterocycles. The molecule has 94 valence electrons. The van der Waals surface area contributed by atoms with Crippen LogP contribution in [0.5, 0.6) is 0 Å². The Morgan fingerprint density at radius 2 is 1.88 bits per heavy atom. The first-order chi connectivity index (χ1) is 8.09. The summed E-state index contributed by atoms with van der Waals surface area (Å²) in [6.45, 7) is 1.10. The molecule has 0 saturated heterocycles. The fraction of sp³-hybridized carbons (Fsp3) is 0.571. The molecule has 1 aromatic rings. The van der Waals surface area contributed by atoms with E-state index in [1.54, 1.807) is 0 Å². The molecule has 1 unspecified atom stereocenters. The monoisotopic (exact) mass is 296 g/mol. The maximum absolute atomic E-state index is 3.50. The van der Waals surface area contributed by atoms with Crippen LogP contribution >= 0.6 is 15.9 Å². The molecule has 0 aliphatic heterocycles. The number of rotatable bonds is 5. The maximum atomic E-state index is 3.50. The molecule has 0 bridgehead atoms. The van der Waals surface area contributed by atoms with E-state index in [0.717, 1.165) is 11.0 Å². The van der Waals surface area contributed by atoms with Gasteiger partial charge in [-0.25, -0.2) is 0 Å². The summed E-state index contributed by atoms with van der Waals surface area (Å²) in [5.41, 5.74) is 1.86. The van der Waals surface area contributed by atoms with Crippen LogP contribution < -0.4 is 5.32 Å². The van der Waals surface area contributed by atoms with Crippen molar-refractivity contribution in [3.63, 3.8) is 0 Å². The van der Waals surface area contributed by atoms with Crippen molar-refractivity contribution in [3.8, 4) is 0 Å². The van der Waals surface area contributed by atoms with Crippen LogP contribution in [0.3, 0.4) is 0 Å². The summed E-state index contributed by atoms with van der Waals surface area (Å²) in [7, 11) is 6.42. The highest BCUT2D eigenvalue weighted by molar-refractivity contribution is 9.10. The van der Waals surface area contributed by atoms with E-state index in [4.69, 9.17) is 0 Å². The van der Waals surface area contributed by atoms with Crippen LogP contribution in [0, 0.1) is 5.41 Å². The average molecular weight is 297 g/mol. The second-order valence-corrected chi connectivity index (χ2v) is 6.23. The highest BCUT2D eigenvalue weighted by atomic mass is 79.9. The summed E-state index contributed by atoms with van der Waals surface area (Å²) in [4.78, 5) is 2.35. The molecule has 0 heterocycles. The van der Waals surface area contributed by atoms with E-state index in [1.165, 1.54) is 18.4 Å². The van der Waals surface area contributed by atoms with Crippen LogP contribution in [0.25, 0.3) is 0 Å². The highest BCUT2D eigenvalue weighted by Gasteiger charge is 2.50. The predicted octanol–water partition coefficient (Wildman–Crippen LogP) is 3.05. The van der Waals surface area contributed by atoms with E-state index >= 15 is 0 Å². The Hall–Kier alpha value is -0.380. The molecular formula is C14H21BrN2. The Balaban J connectivity index is 2.26. The Kier molecular flexibility index (Phi) is 3.91. The van der Waals surface area contributed by atoms with Crippen LogP contribution in [0.2, 0.25) is 0 Å². The zero-order valence-electron chi connectivity index (χ0n) is 10.8. The minimum Gasteiger partial charge on any atom is -0.319 e. The van der Waals surface area contributed by atoms with Crippen LogP contribution in [0.15, 0.2) is 28.7 Å². The highest BCUT2D eigenvalue weighted by Crippen LogP contribution is 2.56. The average Bonchev–Trinajstić information content (AvgIpc) is 3.02. The van der Waals surface area contributed by atoms with Crippen molar-refractivity contribution in [1.29, 1.82) is 0 Å². The third kappa shape index (κ3) is 2.72. The van der Waals surface area contributed by atoms with Crippen molar-refractivity contribution in [2.24, 2.45) is 5.41 Å². The van der Waals surface area contributed by atoms with Gasteiger partial charge in [-0.05, 0) is 51.7 Å². The molecule has 2 rings (SSSR count). The van der Waals surface area contributed by atoms with Gasteiger partial charge in [0.2, 0.25) is 0 Å². The summed E-state index contributed by atoms with van der Waals surface area (Å²) in [5, 5.41) is 3.35. The van der Waals surface area contributed by atoms with Crippen molar-refractivity contribution in [2.75, 3.05) is 27.7 Å². The van der Waals surface area contributed by atoms with Gasteiger partial charge in [0.25, 0.3) is 0 Å². The summed E-state index contributed by atoms with van der Waals surface area (Å²) < 4.78 is 1.15. The van der Waals surface area contributed by atoms with Crippen molar-refractivity contribution in [2.45, 2.75) is 18.9 Å². The van der Waals surface area contributed by atoms with E-state index in [1.807, 2.05) is 7.05 Å². The maximum Gasteiger partial charge on any atom is 0.0410 e. The lowest BCUT2D eigenvalue weighted by Gasteiger charge is -2.33. The zero-order valence-corrected chi connectivity index (χ0v) is 12.4. The summed E-state index contributed by atoms with van der Waals surface area (Å²) in [6.07, 6.45) is 2.65. The quantitative estimate of drug-likeness (QED) is 0.898. The Bertz CT molecular complexity index is 368. The molecule has 1 atom stereocenters. The van der Waals surface area contributed by atoms with Gasteiger partial charge in [0.1, 0.15) is 0 Å². The topological polar surface area (TPSA) is 15.3 Å². The van der Waals surface area contributed by atoms with Crippen molar-refractivity contribution in [1.82, 2.24) is 10.2 Å². The number of nitrogens with one attached hydrogen (secondary N) is 1. The van der Waals surface area contributed by atoms with Crippen LogP contribution in [0.4, 0.5) is 0 Å². The smallest absolute Gasteiger partial charge is 0.0410 e. The van der Waals surface area contributed by atoms with Crippen LogP contribution in [-0.2, 0) is 0 Å². The molecule has 1 N–H and O–H groups in total. The van der Waals surface area contributed by atoms with Gasteiger partial charge in [0.15, 0.2) is 0 Å². The molecule has 1 saturated carbocycles. The van der Waals surface area contributed by atoms with Crippen molar-refractivity contribution in [3.05, 3.63) is 34.3 Å². The van der Waals surface area contributed by atoms with E-state index in [9.17, 15) is 0 Å². The second kappa shape index (κ2) is 5.09. The van der Waals surface area contributed by atoms with E-state index in [-0.39, 0.29) is 0 Å². The normalized spacial score (nSPS) is 19.4. The standard InChI is InChI=1S/C14H21BrN2/c1-16-10-14(8-9-14)13(17(2)3)11-4-6-12(15)7-5-11/h4-7,13,16H,8-10H2,1-3H3. The first-order valence-corrected chi connectivity index (χ1v) is 6.95. The van der Waals surface area contributed by atoms with Gasteiger partial charge in [-0.2, -0.15) is 0 Å². The molecule has 1 fully saturated rings. The molecular weight excluding hydrogens is 276 g/mol. The van der Waals surface area contributed by atoms with E-state index < -0.39 is 0 Å². The molecule has 1 aliphatic carbocycles. The summed E-state index contributed by atoms with van der Waals surface area (Å²) >= 11 is 3.50. The number of nitrogens with zero attached hydrogens (tertiary/aromatic N) is 1. The summed E-state index contributed by atoms with van der Waals surface area (Å²) in [5.74, 6) is 0. The fourth-order valence-corrected chi connectivity index (χ4v) is 3.17. The molecule has 0 radical (unpaired) electrons. The Morgan fingerprint density at radius 3 is 2.29 bits per heavy atom. The van der Waals surface area contributed by atoms with E-state index in [2.05, 4.69) is 64.5 Å². The molecule has 1 aliphatic rings. The van der Waals surface area contributed by atoms with Crippen molar-refractivity contribution >= 4 is 15.9 Å². The minimum atomic E-state index is 0.437. The first-order valence-electron chi connectivity index (χ1n) is 6.15. The molecule has 3 heteroatoms. The lowest BCUT2D eigenvalue weighted by atomic mass is 9.89. The zero-order chi connectivity index (χ0) is 12.5. The number of halogens is 1. The molecule has 17 heavy (non-hydrogen) atoms. The van der Waals surface area contributed by atoms with Gasteiger partial charge >= 0.3 is 0 Å². The van der Waals surface area contributed by atoms with Gasteiger partial charge < -0.3 is 10.2 Å². The van der Waals surface area contributed by atoms with Gasteiger partial charge in [0.05, 0.1) is 0 Å². The predicted molar refractivity (Wildman–Crippen MR) is 76.2 cm³/mol. The third-order valence-corrected chi connectivity index (χ3v) is 4.23. The van der Waals surface area contributed by atoms with Gasteiger partial charge in [-0.3, -0.25) is 0 Å². The molecule has 0 amide bonds. The Morgan fingerprint density at radius 1 is 1.29 bits per heavy atom. The fourth-order valence-electron chi connectivity index (χ4n) is 2.90. The minimum absolute atomic E-state index is 0.437. The molecule has 2 nitrogen and oxygen atoms in total. The number of hydrogen-bond acceptors (Lipinski definition) is 2. The van der Waals surface area contributed by atoms with Gasteiger partial charge in [-0.1, -0.05) is 28.1 Å². The van der Waals surface area contributed by atoms with Crippen LogP contribution in [-0.4, -0.2) is 32.6 Å². The lowest BCUT2D eigenvalue weighted by molar-refractivity contribution is 0.191. The Labute approximate surface area is 113 Å². The molecule has 1 aromatic carbocycles.